The molecule has 0 unspecified atom stereocenters. The van der Waals surface area contributed by atoms with Gasteiger partial charge in [-0.25, -0.2) is 0 Å². The number of primary amides is 1. The molecule has 3 rings (SSSR count). The van der Waals surface area contributed by atoms with Gasteiger partial charge in [-0.3, -0.25) is 9.59 Å². The zero-order chi connectivity index (χ0) is 17.8. The minimum Gasteiger partial charge on any atom is -0.497 e. The highest BCUT2D eigenvalue weighted by Crippen LogP contribution is 2.25. The van der Waals surface area contributed by atoms with E-state index in [1.165, 1.54) is 0 Å². The number of aryl methyl sites for hydroxylation is 1. The first-order valence-electron chi connectivity index (χ1n) is 8.37. The van der Waals surface area contributed by atoms with Gasteiger partial charge < -0.3 is 19.8 Å². The predicted molar refractivity (Wildman–Crippen MR) is 92.9 cm³/mol. The SMILES string of the molecule is COc1ccc(-c2ccc(CCC(=O)N3CC[C@H](C(N)=O)C3)o2)cc1. The van der Waals surface area contributed by atoms with Gasteiger partial charge in [0.1, 0.15) is 17.3 Å². The number of benzene rings is 1. The summed E-state index contributed by atoms with van der Waals surface area (Å²) in [6, 6.07) is 11.4. The standard InChI is InChI=1S/C19H22N2O4/c1-24-15-4-2-13(3-5-15)17-8-6-16(25-17)7-9-18(22)21-11-10-14(12-21)19(20)23/h2-6,8,14H,7,9-12H2,1H3,(H2,20,23)/t14-/m0/s1. The van der Waals surface area contributed by atoms with Crippen molar-refractivity contribution in [2.45, 2.75) is 19.3 Å². The van der Waals surface area contributed by atoms with E-state index in [1.54, 1.807) is 12.0 Å². The normalized spacial score (nSPS) is 16.8. The van der Waals surface area contributed by atoms with Gasteiger partial charge in [-0.05, 0) is 42.8 Å². The van der Waals surface area contributed by atoms with E-state index in [2.05, 4.69) is 0 Å². The zero-order valence-electron chi connectivity index (χ0n) is 14.2. The Bertz CT molecular complexity index is 751. The largest absolute Gasteiger partial charge is 0.497 e. The second-order valence-corrected chi connectivity index (χ2v) is 6.22. The number of hydrogen-bond acceptors (Lipinski definition) is 4. The van der Waals surface area contributed by atoms with Gasteiger partial charge in [0.15, 0.2) is 0 Å². The number of carbonyl (C=O) groups is 2. The van der Waals surface area contributed by atoms with E-state index in [-0.39, 0.29) is 17.7 Å². The Hall–Kier alpha value is -2.76. The molecule has 2 heterocycles. The van der Waals surface area contributed by atoms with Crippen LogP contribution in [0.1, 0.15) is 18.6 Å². The van der Waals surface area contributed by atoms with E-state index in [9.17, 15) is 9.59 Å². The molecule has 1 fully saturated rings. The van der Waals surface area contributed by atoms with Crippen molar-refractivity contribution in [1.29, 1.82) is 0 Å². The lowest BCUT2D eigenvalue weighted by molar-refractivity contribution is -0.130. The first-order chi connectivity index (χ1) is 12.1. The van der Waals surface area contributed by atoms with Crippen LogP contribution in [0.3, 0.4) is 0 Å². The van der Waals surface area contributed by atoms with Crippen molar-refractivity contribution in [1.82, 2.24) is 4.90 Å². The van der Waals surface area contributed by atoms with Gasteiger partial charge in [0.25, 0.3) is 0 Å². The third kappa shape index (κ3) is 4.02. The molecule has 25 heavy (non-hydrogen) atoms. The van der Waals surface area contributed by atoms with Crippen LogP contribution in [-0.4, -0.2) is 36.9 Å². The Morgan fingerprint density at radius 1 is 1.24 bits per heavy atom. The number of methoxy groups -OCH3 is 1. The lowest BCUT2D eigenvalue weighted by atomic mass is 10.1. The molecule has 0 saturated carbocycles. The third-order valence-corrected chi connectivity index (χ3v) is 4.56. The van der Waals surface area contributed by atoms with Crippen molar-refractivity contribution in [2.75, 3.05) is 20.2 Å². The molecular weight excluding hydrogens is 320 g/mol. The number of likely N-dealkylation sites (tertiary alicyclic amines) is 1. The summed E-state index contributed by atoms with van der Waals surface area (Å²) in [5, 5.41) is 0. The van der Waals surface area contributed by atoms with Crippen molar-refractivity contribution in [3.05, 3.63) is 42.2 Å². The summed E-state index contributed by atoms with van der Waals surface area (Å²) in [6.07, 6.45) is 1.55. The number of rotatable bonds is 6. The fourth-order valence-electron chi connectivity index (χ4n) is 3.03. The molecule has 1 saturated heterocycles. The molecule has 2 amide bonds. The topological polar surface area (TPSA) is 85.8 Å². The lowest BCUT2D eigenvalue weighted by Crippen LogP contribution is -2.31. The Morgan fingerprint density at radius 2 is 2.00 bits per heavy atom. The Labute approximate surface area is 146 Å². The van der Waals surface area contributed by atoms with Crippen LogP contribution >= 0.6 is 0 Å². The number of nitrogens with zero attached hydrogens (tertiary/aromatic N) is 1. The number of nitrogens with two attached hydrogens (primary N) is 1. The first kappa shape index (κ1) is 17.1. The van der Waals surface area contributed by atoms with Gasteiger partial charge in [-0.1, -0.05) is 0 Å². The van der Waals surface area contributed by atoms with Crippen molar-refractivity contribution >= 4 is 11.8 Å². The summed E-state index contributed by atoms with van der Waals surface area (Å²) < 4.78 is 11.0. The van der Waals surface area contributed by atoms with Crippen LogP contribution in [0.5, 0.6) is 5.75 Å². The number of amides is 2. The van der Waals surface area contributed by atoms with Crippen LogP contribution in [0.4, 0.5) is 0 Å². The van der Waals surface area contributed by atoms with Crippen molar-refractivity contribution < 1.29 is 18.7 Å². The van der Waals surface area contributed by atoms with Crippen LogP contribution in [0.2, 0.25) is 0 Å². The fourth-order valence-corrected chi connectivity index (χ4v) is 3.03. The number of carbonyl (C=O) groups excluding carboxylic acids is 2. The Kier molecular flexibility index (Phi) is 5.07. The summed E-state index contributed by atoms with van der Waals surface area (Å²) in [6.45, 7) is 1.03. The molecule has 6 nitrogen and oxygen atoms in total. The predicted octanol–water partition coefficient (Wildman–Crippen LogP) is 2.22. The zero-order valence-corrected chi connectivity index (χ0v) is 14.2. The van der Waals surface area contributed by atoms with Crippen LogP contribution in [0.25, 0.3) is 11.3 Å². The van der Waals surface area contributed by atoms with Gasteiger partial charge in [0.2, 0.25) is 11.8 Å². The highest BCUT2D eigenvalue weighted by Gasteiger charge is 2.29. The van der Waals surface area contributed by atoms with Crippen molar-refractivity contribution in [2.24, 2.45) is 11.7 Å². The van der Waals surface area contributed by atoms with Gasteiger partial charge in [-0.2, -0.15) is 0 Å². The molecule has 1 atom stereocenters. The molecule has 6 heteroatoms. The molecule has 1 aromatic heterocycles. The average molecular weight is 342 g/mol. The lowest BCUT2D eigenvalue weighted by Gasteiger charge is -2.15. The van der Waals surface area contributed by atoms with Crippen LogP contribution < -0.4 is 10.5 Å². The molecule has 1 aliphatic rings. The van der Waals surface area contributed by atoms with E-state index in [4.69, 9.17) is 14.9 Å². The molecule has 0 radical (unpaired) electrons. The molecule has 1 aromatic carbocycles. The minimum atomic E-state index is -0.328. The van der Waals surface area contributed by atoms with Crippen LogP contribution in [0.15, 0.2) is 40.8 Å². The maximum absolute atomic E-state index is 12.3. The summed E-state index contributed by atoms with van der Waals surface area (Å²) in [7, 11) is 1.63. The molecule has 0 spiro atoms. The number of hydrogen-bond donors (Lipinski definition) is 1. The van der Waals surface area contributed by atoms with Crippen LogP contribution in [0, 0.1) is 5.92 Å². The molecule has 2 N–H and O–H groups in total. The second kappa shape index (κ2) is 7.42. The summed E-state index contributed by atoms with van der Waals surface area (Å²) >= 11 is 0. The molecule has 0 bridgehead atoms. The van der Waals surface area contributed by atoms with E-state index < -0.39 is 0 Å². The van der Waals surface area contributed by atoms with Gasteiger partial charge in [0.05, 0.1) is 13.0 Å². The molecular formula is C19H22N2O4. The highest BCUT2D eigenvalue weighted by atomic mass is 16.5. The summed E-state index contributed by atoms with van der Waals surface area (Å²) in [4.78, 5) is 25.2. The van der Waals surface area contributed by atoms with Gasteiger partial charge in [-0.15, -0.1) is 0 Å². The van der Waals surface area contributed by atoms with Gasteiger partial charge in [0, 0.05) is 31.5 Å². The van der Waals surface area contributed by atoms with E-state index >= 15 is 0 Å². The summed E-state index contributed by atoms with van der Waals surface area (Å²) in [5.41, 5.74) is 6.26. The summed E-state index contributed by atoms with van der Waals surface area (Å²) in [5.74, 6) is 1.82. The smallest absolute Gasteiger partial charge is 0.223 e. The molecule has 2 aromatic rings. The highest BCUT2D eigenvalue weighted by molar-refractivity contribution is 5.81. The number of furan rings is 1. The quantitative estimate of drug-likeness (QED) is 0.872. The molecule has 132 valence electrons. The van der Waals surface area contributed by atoms with E-state index in [0.717, 1.165) is 22.8 Å². The minimum absolute atomic E-state index is 0.0335. The van der Waals surface area contributed by atoms with Crippen LogP contribution in [-0.2, 0) is 16.0 Å². The first-order valence-corrected chi connectivity index (χ1v) is 8.37. The second-order valence-electron chi connectivity index (χ2n) is 6.22. The van der Waals surface area contributed by atoms with Gasteiger partial charge >= 0.3 is 0 Å². The molecule has 1 aliphatic heterocycles. The maximum atomic E-state index is 12.3. The maximum Gasteiger partial charge on any atom is 0.223 e. The van der Waals surface area contributed by atoms with Crippen molar-refractivity contribution in [3.8, 4) is 17.1 Å². The third-order valence-electron chi connectivity index (χ3n) is 4.56. The van der Waals surface area contributed by atoms with E-state index in [1.807, 2.05) is 36.4 Å². The Balaban J connectivity index is 1.55. The van der Waals surface area contributed by atoms with E-state index in [0.29, 0.717) is 32.4 Å². The number of ether oxygens (including phenoxy) is 1. The molecule has 0 aliphatic carbocycles. The Morgan fingerprint density at radius 3 is 2.64 bits per heavy atom. The fraction of sp³-hybridized carbons (Fsp3) is 0.368. The monoisotopic (exact) mass is 342 g/mol. The average Bonchev–Trinajstić information content (AvgIpc) is 3.29. The van der Waals surface area contributed by atoms with Crippen molar-refractivity contribution in [3.63, 3.8) is 0 Å².